The van der Waals surface area contributed by atoms with Crippen LogP contribution < -0.4 is 10.1 Å². The first kappa shape index (κ1) is 25.9. The molecule has 1 N–H and O–H groups in total. The molecule has 1 aromatic carbocycles. The van der Waals surface area contributed by atoms with Crippen LogP contribution in [0, 0.1) is 18.8 Å². The van der Waals surface area contributed by atoms with Gasteiger partial charge in [-0.05, 0) is 77.0 Å². The second kappa shape index (κ2) is 13.9. The molecule has 1 aromatic heterocycles. The predicted molar refractivity (Wildman–Crippen MR) is 133 cm³/mol. The Morgan fingerprint density at radius 1 is 1.09 bits per heavy atom. The summed E-state index contributed by atoms with van der Waals surface area (Å²) >= 11 is 0. The molecule has 8 nitrogen and oxygen atoms in total. The van der Waals surface area contributed by atoms with Crippen molar-refractivity contribution in [3.63, 3.8) is 0 Å². The molecule has 2 aromatic rings. The van der Waals surface area contributed by atoms with Gasteiger partial charge in [-0.3, -0.25) is 0 Å². The highest BCUT2D eigenvalue weighted by molar-refractivity contribution is 5.71. The number of nitrogens with zero attached hydrogens (tertiary/aromatic N) is 3. The van der Waals surface area contributed by atoms with Crippen molar-refractivity contribution in [2.24, 2.45) is 0 Å². The second-order valence-electron chi connectivity index (χ2n) is 8.23. The summed E-state index contributed by atoms with van der Waals surface area (Å²) in [6.45, 7) is 9.93. The van der Waals surface area contributed by atoms with E-state index < -0.39 is 0 Å². The van der Waals surface area contributed by atoms with Crippen molar-refractivity contribution < 1.29 is 18.9 Å². The summed E-state index contributed by atoms with van der Waals surface area (Å²) in [6, 6.07) is 8.25. The van der Waals surface area contributed by atoms with E-state index in [1.54, 1.807) is 0 Å². The molecule has 184 valence electrons. The Kier molecular flexibility index (Phi) is 10.6. The number of aryl methyl sites for hydroxylation is 1. The average Bonchev–Trinajstić information content (AvgIpc) is 2.82. The number of nitrogens with one attached hydrogen (secondary N) is 1. The Labute approximate surface area is 202 Å². The van der Waals surface area contributed by atoms with Gasteiger partial charge < -0.3 is 29.2 Å². The molecule has 1 atom stereocenters. The maximum Gasteiger partial charge on any atom is 0.189 e. The van der Waals surface area contributed by atoms with Crippen LogP contribution in [0.25, 0.3) is 11.3 Å². The molecule has 34 heavy (non-hydrogen) atoms. The van der Waals surface area contributed by atoms with Crippen LogP contribution in [-0.2, 0) is 14.2 Å². The molecule has 2 heterocycles. The third-order valence-electron chi connectivity index (χ3n) is 5.48. The number of benzene rings is 1. The van der Waals surface area contributed by atoms with Crippen LogP contribution in [0.2, 0.25) is 0 Å². The highest BCUT2D eigenvalue weighted by Gasteiger charge is 2.18. The lowest BCUT2D eigenvalue weighted by Crippen LogP contribution is -2.39. The van der Waals surface area contributed by atoms with Crippen molar-refractivity contribution in [3.05, 3.63) is 35.4 Å². The lowest BCUT2D eigenvalue weighted by atomic mass is 10.0. The van der Waals surface area contributed by atoms with Crippen molar-refractivity contribution in [3.8, 4) is 28.8 Å². The van der Waals surface area contributed by atoms with Crippen LogP contribution in [0.5, 0.6) is 5.75 Å². The number of ether oxygens (including phenoxy) is 4. The molecule has 0 unspecified atom stereocenters. The smallest absolute Gasteiger partial charge is 0.189 e. The summed E-state index contributed by atoms with van der Waals surface area (Å²) in [4.78, 5) is 2.34. The van der Waals surface area contributed by atoms with E-state index in [1.807, 2.05) is 45.0 Å². The molecule has 0 bridgehead atoms. The van der Waals surface area contributed by atoms with Gasteiger partial charge in [0.25, 0.3) is 0 Å². The van der Waals surface area contributed by atoms with Crippen molar-refractivity contribution >= 4 is 5.82 Å². The molecule has 1 aliphatic heterocycles. The maximum atomic E-state index is 5.92. The van der Waals surface area contributed by atoms with E-state index in [9.17, 15) is 0 Å². The fraction of sp³-hybridized carbons (Fsp3) is 0.538. The van der Waals surface area contributed by atoms with E-state index in [-0.39, 0.29) is 13.6 Å². The minimum Gasteiger partial charge on any atom is -0.467 e. The summed E-state index contributed by atoms with van der Waals surface area (Å²) < 4.78 is 21.8. The molecule has 0 spiro atoms. The van der Waals surface area contributed by atoms with Gasteiger partial charge in [0.15, 0.2) is 6.79 Å². The van der Waals surface area contributed by atoms with Crippen molar-refractivity contribution in [2.45, 2.75) is 39.7 Å². The molecule has 0 amide bonds. The third-order valence-corrected chi connectivity index (χ3v) is 5.48. The largest absolute Gasteiger partial charge is 0.467 e. The highest BCUT2D eigenvalue weighted by atomic mass is 16.7. The monoisotopic (exact) mass is 468 g/mol. The van der Waals surface area contributed by atoms with Gasteiger partial charge in [0.05, 0.1) is 5.69 Å². The minimum absolute atomic E-state index is 0.152. The van der Waals surface area contributed by atoms with Gasteiger partial charge in [-0.2, -0.15) is 0 Å². The fourth-order valence-electron chi connectivity index (χ4n) is 3.79. The normalized spacial score (nSPS) is 16.1. The summed E-state index contributed by atoms with van der Waals surface area (Å²) in [6.07, 6.45) is 2.33. The quantitative estimate of drug-likeness (QED) is 0.304. The molecule has 1 aliphatic rings. The molecule has 3 rings (SSSR count). The highest BCUT2D eigenvalue weighted by Crippen LogP contribution is 2.32. The van der Waals surface area contributed by atoms with Crippen LogP contribution in [0.15, 0.2) is 24.3 Å². The minimum atomic E-state index is 0.152. The summed E-state index contributed by atoms with van der Waals surface area (Å²) in [5, 5.41) is 12.5. The van der Waals surface area contributed by atoms with E-state index in [2.05, 4.69) is 39.3 Å². The lowest BCUT2D eigenvalue weighted by Gasteiger charge is -2.30. The van der Waals surface area contributed by atoms with Gasteiger partial charge in [0.1, 0.15) is 25.0 Å². The Morgan fingerprint density at radius 3 is 2.68 bits per heavy atom. The number of likely N-dealkylation sites (N-methyl/N-ethyl adjacent to an activating group) is 1. The summed E-state index contributed by atoms with van der Waals surface area (Å²) in [5.74, 6) is 7.55. The van der Waals surface area contributed by atoms with Crippen molar-refractivity contribution in [2.75, 3.05) is 58.9 Å². The first-order valence-electron chi connectivity index (χ1n) is 11.9. The van der Waals surface area contributed by atoms with E-state index in [4.69, 9.17) is 18.9 Å². The Bertz CT molecular complexity index is 973. The summed E-state index contributed by atoms with van der Waals surface area (Å²) in [5.41, 5.74) is 3.47. The van der Waals surface area contributed by atoms with Gasteiger partial charge in [0.2, 0.25) is 0 Å². The van der Waals surface area contributed by atoms with E-state index in [1.165, 1.54) is 6.42 Å². The standard InChI is InChI=1S/C26H36N4O4/c1-5-31-18-33-14-8-9-21-11-12-23(24(16-21)34-19-32-6-2)26-20(3)15-25(28-29-26)27-22-10-7-13-30(4)17-22/h11-12,15-16,22H,5-7,10,13-14,17-19H2,1-4H3,(H,27,28)/t22-/m1/s1. The number of likely N-dealkylation sites (tertiary alicyclic amines) is 1. The van der Waals surface area contributed by atoms with Gasteiger partial charge in [0, 0.05) is 36.9 Å². The molecule has 0 aliphatic carbocycles. The zero-order chi connectivity index (χ0) is 24.2. The SMILES string of the molecule is CCOCOCC#Cc1ccc(-c2nnc(N[C@@H]3CCCN(C)C3)cc2C)c(OCOCC)c1. The number of hydrogen-bond donors (Lipinski definition) is 1. The van der Waals surface area contributed by atoms with Gasteiger partial charge in [-0.25, -0.2) is 0 Å². The number of hydrogen-bond acceptors (Lipinski definition) is 8. The van der Waals surface area contributed by atoms with E-state index in [0.29, 0.717) is 31.6 Å². The van der Waals surface area contributed by atoms with Gasteiger partial charge >= 0.3 is 0 Å². The zero-order valence-electron chi connectivity index (χ0n) is 20.7. The second-order valence-corrected chi connectivity index (χ2v) is 8.23. The Balaban J connectivity index is 1.76. The molecule has 0 radical (unpaired) electrons. The van der Waals surface area contributed by atoms with Crippen LogP contribution in [0.1, 0.15) is 37.8 Å². The van der Waals surface area contributed by atoms with E-state index in [0.717, 1.165) is 47.7 Å². The third kappa shape index (κ3) is 7.96. The fourth-order valence-corrected chi connectivity index (χ4v) is 3.79. The summed E-state index contributed by atoms with van der Waals surface area (Å²) in [7, 11) is 2.15. The number of rotatable bonds is 11. The van der Waals surface area contributed by atoms with Crippen molar-refractivity contribution in [1.82, 2.24) is 15.1 Å². The number of piperidine rings is 1. The Hall–Kier alpha value is -2.70. The van der Waals surface area contributed by atoms with Gasteiger partial charge in [-0.15, -0.1) is 10.2 Å². The molecule has 0 saturated carbocycles. The van der Waals surface area contributed by atoms with Gasteiger partial charge in [-0.1, -0.05) is 11.8 Å². The maximum absolute atomic E-state index is 5.92. The van der Waals surface area contributed by atoms with Crippen LogP contribution in [0.3, 0.4) is 0 Å². The zero-order valence-corrected chi connectivity index (χ0v) is 20.7. The van der Waals surface area contributed by atoms with E-state index >= 15 is 0 Å². The lowest BCUT2D eigenvalue weighted by molar-refractivity contribution is -0.0371. The van der Waals surface area contributed by atoms with Crippen LogP contribution >= 0.6 is 0 Å². The number of anilines is 1. The Morgan fingerprint density at radius 2 is 1.91 bits per heavy atom. The molecule has 8 heteroatoms. The predicted octanol–water partition coefficient (Wildman–Crippen LogP) is 3.69. The first-order chi connectivity index (χ1) is 16.6. The topological polar surface area (TPSA) is 78.0 Å². The van der Waals surface area contributed by atoms with Crippen molar-refractivity contribution in [1.29, 1.82) is 0 Å². The first-order valence-corrected chi connectivity index (χ1v) is 11.9. The average molecular weight is 469 g/mol. The number of aromatic nitrogens is 2. The molecule has 1 saturated heterocycles. The molecule has 1 fully saturated rings. The molecular weight excluding hydrogens is 432 g/mol. The molecular formula is C26H36N4O4. The van der Waals surface area contributed by atoms with Crippen LogP contribution in [0.4, 0.5) is 5.82 Å². The van der Waals surface area contributed by atoms with Crippen LogP contribution in [-0.4, -0.2) is 74.7 Å².